The minimum absolute atomic E-state index is 0.0202. The first-order valence-corrected chi connectivity index (χ1v) is 26.8. The Balaban J connectivity index is 1.10. The molecule has 7 aromatic carbocycles. The van der Waals surface area contributed by atoms with Crippen molar-refractivity contribution in [3.05, 3.63) is 172 Å². The SMILES string of the molecule is Cc1cc2c3c(c1)N(c1ccc(C(C)(C)C)cc1-c1ccccc1)c1cc(N4c5ccc(C(C)(C)C)cc5C5(C)CCC45C)ccc1B3c1cc3c(cc1N2c1ccc2c(c1)CC(C)(C)C2)CC(C)(C)C3. The largest absolute Gasteiger partial charge is 0.334 e. The molecule has 2 unspecified atom stereocenters. The molecule has 4 heteroatoms. The highest BCUT2D eigenvalue weighted by Gasteiger charge is 2.63. The van der Waals surface area contributed by atoms with Crippen molar-refractivity contribution in [1.29, 1.82) is 0 Å². The number of fused-ring (bicyclic) bond motifs is 9. The van der Waals surface area contributed by atoms with Gasteiger partial charge in [-0.1, -0.05) is 143 Å². The van der Waals surface area contributed by atoms with Gasteiger partial charge in [-0.3, -0.25) is 0 Å². The molecule has 3 aliphatic heterocycles. The van der Waals surface area contributed by atoms with E-state index in [1.165, 1.54) is 124 Å². The number of nitrogens with zero attached hydrogens (tertiary/aromatic N) is 3. The van der Waals surface area contributed by atoms with E-state index in [0.29, 0.717) is 0 Å². The van der Waals surface area contributed by atoms with E-state index in [2.05, 4.69) is 232 Å². The third-order valence-corrected chi connectivity index (χ3v) is 18.6. The molecule has 6 aliphatic rings. The molecule has 2 atom stereocenters. The Morgan fingerprint density at radius 2 is 1.06 bits per heavy atom. The van der Waals surface area contributed by atoms with Crippen LogP contribution in [0.1, 0.15) is 140 Å². The number of aryl methyl sites for hydroxylation is 1. The molecule has 1 fully saturated rings. The fourth-order valence-electron chi connectivity index (χ4n) is 14.6. The van der Waals surface area contributed by atoms with Gasteiger partial charge in [0.15, 0.2) is 0 Å². The fourth-order valence-corrected chi connectivity index (χ4v) is 14.6. The first-order chi connectivity index (χ1) is 33.5. The number of anilines is 8. The van der Waals surface area contributed by atoms with Gasteiger partial charge in [0.1, 0.15) is 0 Å². The van der Waals surface area contributed by atoms with Crippen molar-refractivity contribution in [3.8, 4) is 11.1 Å². The molecule has 0 aromatic heterocycles. The summed E-state index contributed by atoms with van der Waals surface area (Å²) in [7, 11) is 0. The van der Waals surface area contributed by atoms with Crippen molar-refractivity contribution in [2.75, 3.05) is 14.7 Å². The molecule has 0 saturated heterocycles. The zero-order valence-electron chi connectivity index (χ0n) is 44.8. The Morgan fingerprint density at radius 1 is 0.465 bits per heavy atom. The predicted molar refractivity (Wildman–Crippen MR) is 304 cm³/mol. The summed E-state index contributed by atoms with van der Waals surface area (Å²) < 4.78 is 0. The summed E-state index contributed by atoms with van der Waals surface area (Å²) in [5.41, 5.74) is 29.2. The first-order valence-electron chi connectivity index (χ1n) is 26.8. The molecule has 358 valence electrons. The molecule has 3 aliphatic carbocycles. The van der Waals surface area contributed by atoms with Crippen LogP contribution in [0.3, 0.4) is 0 Å². The van der Waals surface area contributed by atoms with Crippen molar-refractivity contribution in [2.24, 2.45) is 10.8 Å². The molecule has 0 radical (unpaired) electrons. The second-order valence-corrected chi connectivity index (χ2v) is 27.0. The average Bonchev–Trinajstić information content (AvgIpc) is 3.84. The first kappa shape index (κ1) is 44.9. The topological polar surface area (TPSA) is 9.72 Å². The summed E-state index contributed by atoms with van der Waals surface area (Å²) in [6.45, 7) is 31.3. The highest BCUT2D eigenvalue weighted by molar-refractivity contribution is 7.00. The highest BCUT2D eigenvalue weighted by atomic mass is 15.3. The predicted octanol–water partition coefficient (Wildman–Crippen LogP) is 15.6. The molecule has 0 N–H and O–H groups in total. The number of rotatable bonds is 4. The van der Waals surface area contributed by atoms with Gasteiger partial charge in [0.2, 0.25) is 0 Å². The van der Waals surface area contributed by atoms with Gasteiger partial charge in [0.05, 0.1) is 11.2 Å². The molecule has 7 aromatic rings. The quantitative estimate of drug-likeness (QED) is 0.163. The third kappa shape index (κ3) is 6.54. The van der Waals surface area contributed by atoms with E-state index >= 15 is 0 Å². The van der Waals surface area contributed by atoms with Crippen LogP contribution < -0.4 is 31.1 Å². The second-order valence-electron chi connectivity index (χ2n) is 27.0. The Morgan fingerprint density at radius 3 is 1.72 bits per heavy atom. The Labute approximate surface area is 425 Å². The number of hydrogen-bond acceptors (Lipinski definition) is 3. The molecule has 0 spiro atoms. The summed E-state index contributed by atoms with van der Waals surface area (Å²) >= 11 is 0. The summed E-state index contributed by atoms with van der Waals surface area (Å²) in [6.07, 6.45) is 6.81. The van der Waals surface area contributed by atoms with Gasteiger partial charge in [-0.25, -0.2) is 0 Å². The minimum Gasteiger partial charge on any atom is -0.334 e. The molecule has 3 heterocycles. The van der Waals surface area contributed by atoms with Crippen LogP contribution in [0.25, 0.3) is 11.1 Å². The van der Waals surface area contributed by atoms with Gasteiger partial charge in [-0.05, 0) is 201 Å². The number of benzene rings is 7. The lowest BCUT2D eigenvalue weighted by atomic mass is 9.33. The van der Waals surface area contributed by atoms with Gasteiger partial charge >= 0.3 is 0 Å². The third-order valence-electron chi connectivity index (χ3n) is 18.6. The van der Waals surface area contributed by atoms with E-state index in [0.717, 1.165) is 32.1 Å². The van der Waals surface area contributed by atoms with Crippen LogP contribution in [0.2, 0.25) is 0 Å². The van der Waals surface area contributed by atoms with Crippen LogP contribution in [0.5, 0.6) is 0 Å². The standard InChI is InChI=1S/C67H72BN3/c1-41-29-59-61-60(30-41)70(55-25-20-47(62(2,3)4)34-51(55)42-17-15-14-16-18-42)58-36-50(71-56-26-21-48(63(5,6)7)35-52(56)66(12)27-28-67(66,71)13)23-24-53(58)68(61)54-32-45-39-65(10,11)40-46(45)33-57(54)69(59)49-22-19-43-37-64(8,9)38-44(43)31-49/h14-26,29-36H,27-28,37-40H2,1-13H3. The molecule has 0 bridgehead atoms. The highest BCUT2D eigenvalue weighted by Crippen LogP contribution is 2.66. The summed E-state index contributed by atoms with van der Waals surface area (Å²) in [5.74, 6) is 0. The van der Waals surface area contributed by atoms with Crippen LogP contribution in [-0.2, 0) is 41.9 Å². The monoisotopic (exact) mass is 930 g/mol. The normalized spacial score (nSPS) is 21.8. The van der Waals surface area contributed by atoms with E-state index < -0.39 is 0 Å². The molecule has 1 saturated carbocycles. The molecule has 3 nitrogen and oxygen atoms in total. The molecule has 71 heavy (non-hydrogen) atoms. The van der Waals surface area contributed by atoms with Gasteiger partial charge in [-0.15, -0.1) is 0 Å². The Kier molecular flexibility index (Phi) is 9.22. The van der Waals surface area contributed by atoms with E-state index in [-0.39, 0.29) is 39.3 Å². The van der Waals surface area contributed by atoms with Crippen LogP contribution in [0.15, 0.2) is 127 Å². The minimum atomic E-state index is -0.0405. The van der Waals surface area contributed by atoms with Crippen molar-refractivity contribution in [3.63, 3.8) is 0 Å². The fraction of sp³-hybridized carbons (Fsp3) is 0.373. The smallest absolute Gasteiger partial charge is 0.252 e. The van der Waals surface area contributed by atoms with Gasteiger partial charge < -0.3 is 14.7 Å². The van der Waals surface area contributed by atoms with E-state index in [1.807, 2.05) is 0 Å². The lowest BCUT2D eigenvalue weighted by Crippen LogP contribution is -2.62. The second kappa shape index (κ2) is 14.6. The molecule has 0 amide bonds. The van der Waals surface area contributed by atoms with E-state index in [1.54, 1.807) is 0 Å². The van der Waals surface area contributed by atoms with E-state index in [4.69, 9.17) is 0 Å². The van der Waals surface area contributed by atoms with Crippen LogP contribution in [0.4, 0.5) is 45.5 Å². The van der Waals surface area contributed by atoms with Crippen LogP contribution in [-0.4, -0.2) is 12.3 Å². The van der Waals surface area contributed by atoms with Gasteiger partial charge in [-0.2, -0.15) is 0 Å². The maximum absolute atomic E-state index is 2.76. The molecular formula is C67H72BN3. The van der Waals surface area contributed by atoms with Gasteiger partial charge in [0.25, 0.3) is 6.71 Å². The maximum atomic E-state index is 2.76. The lowest BCUT2D eigenvalue weighted by molar-refractivity contribution is 0.133. The van der Waals surface area contributed by atoms with Crippen molar-refractivity contribution in [1.82, 2.24) is 0 Å². The zero-order valence-corrected chi connectivity index (χ0v) is 44.8. The average molecular weight is 930 g/mol. The molecule has 13 rings (SSSR count). The van der Waals surface area contributed by atoms with Crippen LogP contribution in [0, 0.1) is 17.8 Å². The Hall–Kier alpha value is -6.00. The van der Waals surface area contributed by atoms with E-state index in [9.17, 15) is 0 Å². The summed E-state index contributed by atoms with van der Waals surface area (Å²) in [5, 5.41) is 0. The van der Waals surface area contributed by atoms with Gasteiger partial charge in [0, 0.05) is 50.8 Å². The lowest BCUT2D eigenvalue weighted by Gasteiger charge is -2.56. The number of hydrogen-bond donors (Lipinski definition) is 0. The zero-order chi connectivity index (χ0) is 49.5. The van der Waals surface area contributed by atoms with Crippen LogP contribution >= 0.6 is 0 Å². The van der Waals surface area contributed by atoms with Crippen molar-refractivity contribution >= 4 is 68.6 Å². The van der Waals surface area contributed by atoms with Crippen molar-refractivity contribution < 1.29 is 0 Å². The maximum Gasteiger partial charge on any atom is 0.252 e. The summed E-state index contributed by atoms with van der Waals surface area (Å²) in [6, 6.07) is 51.3. The molecular weight excluding hydrogens is 858 g/mol. The van der Waals surface area contributed by atoms with Crippen molar-refractivity contribution in [2.45, 2.75) is 150 Å². The Bertz CT molecular complexity index is 3420. The summed E-state index contributed by atoms with van der Waals surface area (Å²) in [4.78, 5) is 8.14.